The summed E-state index contributed by atoms with van der Waals surface area (Å²) in [5.74, 6) is 1.20. The molecule has 1 aromatic rings. The molecule has 0 bridgehead atoms. The zero-order valence-corrected chi connectivity index (χ0v) is 18.3. The standard InChI is InChI=1S/C23H37N3O4/c1-28-22-16-19(17-24-10-5-11-26-12-14-29-15-13-26)8-9-21(22)30-18-23(27)25-20-6-3-2-4-7-20/h8-9,16,20,24H,2-7,10-15,17-18H2,1H3,(H,25,27). The summed E-state index contributed by atoms with van der Waals surface area (Å²) in [6, 6.07) is 6.18. The number of hydrogen-bond acceptors (Lipinski definition) is 6. The number of ether oxygens (including phenoxy) is 3. The molecule has 0 spiro atoms. The van der Waals surface area contributed by atoms with Crippen LogP contribution in [0.1, 0.15) is 44.1 Å². The van der Waals surface area contributed by atoms with E-state index in [4.69, 9.17) is 14.2 Å². The number of hydrogen-bond donors (Lipinski definition) is 2. The molecule has 1 heterocycles. The lowest BCUT2D eigenvalue weighted by Gasteiger charge is -2.26. The summed E-state index contributed by atoms with van der Waals surface area (Å²) in [6.07, 6.45) is 6.93. The van der Waals surface area contributed by atoms with Gasteiger partial charge in [0.15, 0.2) is 18.1 Å². The number of benzene rings is 1. The second-order valence-corrected chi connectivity index (χ2v) is 8.16. The normalized spacial score (nSPS) is 18.2. The molecule has 2 aliphatic rings. The van der Waals surface area contributed by atoms with Gasteiger partial charge in [-0.25, -0.2) is 0 Å². The highest BCUT2D eigenvalue weighted by Crippen LogP contribution is 2.28. The van der Waals surface area contributed by atoms with Gasteiger partial charge >= 0.3 is 0 Å². The number of nitrogens with one attached hydrogen (secondary N) is 2. The highest BCUT2D eigenvalue weighted by atomic mass is 16.5. The quantitative estimate of drug-likeness (QED) is 0.537. The van der Waals surface area contributed by atoms with Crippen molar-refractivity contribution in [3.05, 3.63) is 23.8 Å². The maximum Gasteiger partial charge on any atom is 0.258 e. The average molecular weight is 420 g/mol. The highest BCUT2D eigenvalue weighted by Gasteiger charge is 2.16. The molecule has 0 atom stereocenters. The molecule has 2 N–H and O–H groups in total. The van der Waals surface area contributed by atoms with Crippen molar-refractivity contribution < 1.29 is 19.0 Å². The van der Waals surface area contributed by atoms with Crippen LogP contribution in [0.15, 0.2) is 18.2 Å². The van der Waals surface area contributed by atoms with Crippen LogP contribution in [0.5, 0.6) is 11.5 Å². The molecule has 7 heteroatoms. The predicted molar refractivity (Wildman–Crippen MR) is 117 cm³/mol. The Labute approximate surface area is 180 Å². The Balaban J connectivity index is 1.36. The molecule has 1 aromatic carbocycles. The number of rotatable bonds is 11. The zero-order chi connectivity index (χ0) is 21.0. The predicted octanol–water partition coefficient (Wildman–Crippen LogP) is 2.33. The van der Waals surface area contributed by atoms with Crippen molar-refractivity contribution in [2.45, 2.75) is 51.1 Å². The maximum absolute atomic E-state index is 12.2. The van der Waals surface area contributed by atoms with Crippen LogP contribution in [0, 0.1) is 0 Å². The summed E-state index contributed by atoms with van der Waals surface area (Å²) in [6.45, 7) is 6.66. The summed E-state index contributed by atoms with van der Waals surface area (Å²) >= 11 is 0. The lowest BCUT2D eigenvalue weighted by atomic mass is 9.95. The molecule has 1 saturated heterocycles. The number of carbonyl (C=O) groups excluding carboxylic acids is 1. The van der Waals surface area contributed by atoms with E-state index in [0.29, 0.717) is 17.5 Å². The molecular weight excluding hydrogens is 382 g/mol. The molecule has 168 valence electrons. The SMILES string of the molecule is COc1cc(CNCCCN2CCOCC2)ccc1OCC(=O)NC1CCCCC1. The number of carbonyl (C=O) groups is 1. The van der Waals surface area contributed by atoms with Crippen molar-refractivity contribution in [3.63, 3.8) is 0 Å². The molecule has 0 unspecified atom stereocenters. The van der Waals surface area contributed by atoms with Crippen LogP contribution in [0.2, 0.25) is 0 Å². The molecule has 3 rings (SSSR count). The van der Waals surface area contributed by atoms with Gasteiger partial charge in [-0.1, -0.05) is 25.3 Å². The van der Waals surface area contributed by atoms with E-state index < -0.39 is 0 Å². The first-order chi connectivity index (χ1) is 14.7. The van der Waals surface area contributed by atoms with Crippen molar-refractivity contribution in [1.29, 1.82) is 0 Å². The number of amides is 1. The second kappa shape index (κ2) is 12.8. The number of nitrogens with zero attached hydrogens (tertiary/aromatic N) is 1. The van der Waals surface area contributed by atoms with Crippen LogP contribution in [0.25, 0.3) is 0 Å². The van der Waals surface area contributed by atoms with E-state index in [1.54, 1.807) is 7.11 Å². The van der Waals surface area contributed by atoms with Gasteiger partial charge in [0.2, 0.25) is 0 Å². The van der Waals surface area contributed by atoms with Crippen LogP contribution in [-0.2, 0) is 16.1 Å². The minimum absolute atomic E-state index is 0.0198. The fourth-order valence-corrected chi connectivity index (χ4v) is 4.09. The van der Waals surface area contributed by atoms with E-state index in [9.17, 15) is 4.79 Å². The highest BCUT2D eigenvalue weighted by molar-refractivity contribution is 5.78. The zero-order valence-electron chi connectivity index (χ0n) is 18.3. The monoisotopic (exact) mass is 419 g/mol. The Morgan fingerprint density at radius 2 is 1.97 bits per heavy atom. The number of morpholine rings is 1. The van der Waals surface area contributed by atoms with E-state index in [1.165, 1.54) is 19.3 Å². The molecule has 0 radical (unpaired) electrons. The Morgan fingerprint density at radius 3 is 2.73 bits per heavy atom. The van der Waals surface area contributed by atoms with Gasteiger partial charge in [0, 0.05) is 25.7 Å². The number of methoxy groups -OCH3 is 1. The third-order valence-electron chi connectivity index (χ3n) is 5.82. The van der Waals surface area contributed by atoms with Gasteiger partial charge in [0.25, 0.3) is 5.91 Å². The third kappa shape index (κ3) is 7.78. The first-order valence-corrected chi connectivity index (χ1v) is 11.3. The smallest absolute Gasteiger partial charge is 0.258 e. The van der Waals surface area contributed by atoms with Crippen molar-refractivity contribution in [3.8, 4) is 11.5 Å². The van der Waals surface area contributed by atoms with Crippen LogP contribution >= 0.6 is 0 Å². The molecule has 1 saturated carbocycles. The minimum atomic E-state index is -0.0602. The largest absolute Gasteiger partial charge is 0.493 e. The van der Waals surface area contributed by atoms with Crippen molar-refractivity contribution in [2.75, 3.05) is 53.1 Å². The van der Waals surface area contributed by atoms with Crippen molar-refractivity contribution >= 4 is 5.91 Å². The molecule has 1 amide bonds. The van der Waals surface area contributed by atoms with Crippen LogP contribution < -0.4 is 20.1 Å². The average Bonchev–Trinajstić information content (AvgIpc) is 2.79. The minimum Gasteiger partial charge on any atom is -0.493 e. The molecule has 1 aliphatic carbocycles. The lowest BCUT2D eigenvalue weighted by Crippen LogP contribution is -2.39. The van der Waals surface area contributed by atoms with E-state index in [2.05, 4.69) is 15.5 Å². The lowest BCUT2D eigenvalue weighted by molar-refractivity contribution is -0.124. The molecule has 7 nitrogen and oxygen atoms in total. The molecular formula is C23H37N3O4. The molecule has 30 heavy (non-hydrogen) atoms. The van der Waals surface area contributed by atoms with Crippen molar-refractivity contribution in [1.82, 2.24) is 15.5 Å². The van der Waals surface area contributed by atoms with Crippen molar-refractivity contribution in [2.24, 2.45) is 0 Å². The molecule has 2 fully saturated rings. The van der Waals surface area contributed by atoms with Crippen LogP contribution in [0.3, 0.4) is 0 Å². The Hall–Kier alpha value is -1.83. The van der Waals surface area contributed by atoms with Gasteiger partial charge < -0.3 is 24.8 Å². The van der Waals surface area contributed by atoms with Gasteiger partial charge in [-0.2, -0.15) is 0 Å². The van der Waals surface area contributed by atoms with Gasteiger partial charge in [-0.3, -0.25) is 9.69 Å². The van der Waals surface area contributed by atoms with Gasteiger partial charge in [-0.15, -0.1) is 0 Å². The van der Waals surface area contributed by atoms with Gasteiger partial charge in [0.1, 0.15) is 0 Å². The van der Waals surface area contributed by atoms with Crippen LogP contribution in [0.4, 0.5) is 0 Å². The fourth-order valence-electron chi connectivity index (χ4n) is 4.09. The van der Waals surface area contributed by atoms with E-state index in [-0.39, 0.29) is 12.5 Å². The molecule has 0 aromatic heterocycles. The Morgan fingerprint density at radius 1 is 1.17 bits per heavy atom. The first kappa shape index (κ1) is 22.8. The summed E-state index contributed by atoms with van der Waals surface area (Å²) < 4.78 is 16.6. The second-order valence-electron chi connectivity index (χ2n) is 8.16. The summed E-state index contributed by atoms with van der Waals surface area (Å²) in [5, 5.41) is 6.57. The Kier molecular flexibility index (Phi) is 9.73. The molecule has 1 aliphatic heterocycles. The van der Waals surface area contributed by atoms with Gasteiger partial charge in [-0.05, 0) is 50.0 Å². The maximum atomic E-state index is 12.2. The van der Waals surface area contributed by atoms with E-state index in [0.717, 1.165) is 70.8 Å². The summed E-state index contributed by atoms with van der Waals surface area (Å²) in [4.78, 5) is 14.6. The summed E-state index contributed by atoms with van der Waals surface area (Å²) in [7, 11) is 1.63. The summed E-state index contributed by atoms with van der Waals surface area (Å²) in [5.41, 5.74) is 1.14. The third-order valence-corrected chi connectivity index (χ3v) is 5.82. The van der Waals surface area contributed by atoms with E-state index in [1.807, 2.05) is 18.2 Å². The first-order valence-electron chi connectivity index (χ1n) is 11.3. The Bertz CT molecular complexity index is 643. The van der Waals surface area contributed by atoms with Crippen LogP contribution in [-0.4, -0.2) is 70.0 Å². The topological polar surface area (TPSA) is 72.1 Å². The van der Waals surface area contributed by atoms with Gasteiger partial charge in [0.05, 0.1) is 20.3 Å². The fraction of sp³-hybridized carbons (Fsp3) is 0.696. The van der Waals surface area contributed by atoms with E-state index >= 15 is 0 Å².